The number of carbonyl (C=O) groups excluding carboxylic acids is 1. The van der Waals surface area contributed by atoms with Gasteiger partial charge in [0, 0.05) is 18.4 Å². The number of carbonyl (C=O) groups is 1. The molecular weight excluding hydrogens is 252 g/mol. The molecule has 0 atom stereocenters. The highest BCUT2D eigenvalue weighted by atomic mass is 16.5. The summed E-state index contributed by atoms with van der Waals surface area (Å²) in [6, 6.07) is 15.1. The standard InChI is InChI=1S/C16H18N2O2/c1-12-4-3-5-14(10-12)18-16(19)11-20-15-8-6-13(17-2)7-9-15/h3-10,17H,11H2,1-2H3,(H,18,19). The summed E-state index contributed by atoms with van der Waals surface area (Å²) in [5.74, 6) is 0.497. The first-order valence-corrected chi connectivity index (χ1v) is 6.44. The van der Waals surface area contributed by atoms with Crippen LogP contribution in [0.5, 0.6) is 5.75 Å². The van der Waals surface area contributed by atoms with E-state index in [1.807, 2.05) is 62.5 Å². The molecular formula is C16H18N2O2. The van der Waals surface area contributed by atoms with Crippen molar-refractivity contribution in [3.8, 4) is 5.75 Å². The molecule has 0 bridgehead atoms. The molecule has 2 rings (SSSR count). The van der Waals surface area contributed by atoms with Gasteiger partial charge in [0.25, 0.3) is 5.91 Å². The Morgan fingerprint density at radius 2 is 1.85 bits per heavy atom. The van der Waals surface area contributed by atoms with E-state index < -0.39 is 0 Å². The maximum Gasteiger partial charge on any atom is 0.262 e. The van der Waals surface area contributed by atoms with E-state index >= 15 is 0 Å². The van der Waals surface area contributed by atoms with Crippen LogP contribution in [-0.2, 0) is 4.79 Å². The van der Waals surface area contributed by atoms with Crippen LogP contribution in [0.15, 0.2) is 48.5 Å². The van der Waals surface area contributed by atoms with Gasteiger partial charge in [-0.1, -0.05) is 12.1 Å². The van der Waals surface area contributed by atoms with Crippen LogP contribution < -0.4 is 15.4 Å². The first-order valence-electron chi connectivity index (χ1n) is 6.44. The number of aryl methyl sites for hydroxylation is 1. The molecule has 0 spiro atoms. The Kier molecular flexibility index (Phi) is 4.60. The number of ether oxygens (including phenoxy) is 1. The lowest BCUT2D eigenvalue weighted by Crippen LogP contribution is -2.20. The van der Waals surface area contributed by atoms with E-state index in [0.717, 1.165) is 16.9 Å². The Labute approximate surface area is 118 Å². The van der Waals surface area contributed by atoms with E-state index in [1.165, 1.54) is 0 Å². The lowest BCUT2D eigenvalue weighted by molar-refractivity contribution is -0.118. The fraction of sp³-hybridized carbons (Fsp3) is 0.188. The van der Waals surface area contributed by atoms with Crippen LogP contribution in [0.2, 0.25) is 0 Å². The van der Waals surface area contributed by atoms with E-state index in [2.05, 4.69) is 10.6 Å². The smallest absolute Gasteiger partial charge is 0.262 e. The summed E-state index contributed by atoms with van der Waals surface area (Å²) in [6.07, 6.45) is 0. The van der Waals surface area contributed by atoms with Crippen molar-refractivity contribution in [1.29, 1.82) is 0 Å². The number of benzene rings is 2. The zero-order valence-electron chi connectivity index (χ0n) is 11.6. The topological polar surface area (TPSA) is 50.4 Å². The Balaban J connectivity index is 1.85. The summed E-state index contributed by atoms with van der Waals surface area (Å²) in [7, 11) is 1.85. The van der Waals surface area contributed by atoms with E-state index in [-0.39, 0.29) is 12.5 Å². The van der Waals surface area contributed by atoms with Gasteiger partial charge < -0.3 is 15.4 Å². The molecule has 4 nitrogen and oxygen atoms in total. The number of nitrogens with one attached hydrogen (secondary N) is 2. The summed E-state index contributed by atoms with van der Waals surface area (Å²) in [4.78, 5) is 11.8. The van der Waals surface area contributed by atoms with Gasteiger partial charge in [0.05, 0.1) is 0 Å². The minimum atomic E-state index is -0.173. The predicted octanol–water partition coefficient (Wildman–Crippen LogP) is 3.05. The van der Waals surface area contributed by atoms with Gasteiger partial charge in [-0.2, -0.15) is 0 Å². The molecule has 0 fully saturated rings. The second kappa shape index (κ2) is 6.61. The number of hydrogen-bond acceptors (Lipinski definition) is 3. The van der Waals surface area contributed by atoms with Crippen molar-refractivity contribution in [3.63, 3.8) is 0 Å². The van der Waals surface area contributed by atoms with Crippen molar-refractivity contribution in [2.75, 3.05) is 24.3 Å². The van der Waals surface area contributed by atoms with Gasteiger partial charge in [-0.25, -0.2) is 0 Å². The zero-order chi connectivity index (χ0) is 14.4. The van der Waals surface area contributed by atoms with Crippen molar-refractivity contribution < 1.29 is 9.53 Å². The normalized spacial score (nSPS) is 9.90. The quantitative estimate of drug-likeness (QED) is 0.878. The van der Waals surface area contributed by atoms with Crippen molar-refractivity contribution >= 4 is 17.3 Å². The maximum atomic E-state index is 11.8. The first kappa shape index (κ1) is 13.9. The Hall–Kier alpha value is -2.49. The SMILES string of the molecule is CNc1ccc(OCC(=O)Nc2cccc(C)c2)cc1. The molecule has 2 aromatic rings. The molecule has 0 aromatic heterocycles. The fourth-order valence-corrected chi connectivity index (χ4v) is 1.79. The molecule has 20 heavy (non-hydrogen) atoms. The van der Waals surface area contributed by atoms with E-state index in [0.29, 0.717) is 5.75 Å². The Morgan fingerprint density at radius 1 is 1.10 bits per heavy atom. The van der Waals surface area contributed by atoms with Gasteiger partial charge in [-0.3, -0.25) is 4.79 Å². The molecule has 2 aromatic carbocycles. The van der Waals surface area contributed by atoms with E-state index in [4.69, 9.17) is 4.74 Å². The van der Waals surface area contributed by atoms with Gasteiger partial charge in [0.1, 0.15) is 5.75 Å². The van der Waals surface area contributed by atoms with Gasteiger partial charge in [-0.15, -0.1) is 0 Å². The monoisotopic (exact) mass is 270 g/mol. The first-order chi connectivity index (χ1) is 9.67. The lowest BCUT2D eigenvalue weighted by Gasteiger charge is -2.08. The molecule has 0 saturated heterocycles. The molecule has 0 aliphatic heterocycles. The third-order valence-electron chi connectivity index (χ3n) is 2.81. The molecule has 0 unspecified atom stereocenters. The minimum Gasteiger partial charge on any atom is -0.484 e. The van der Waals surface area contributed by atoms with Gasteiger partial charge in [0.2, 0.25) is 0 Å². The van der Waals surface area contributed by atoms with Crippen molar-refractivity contribution in [1.82, 2.24) is 0 Å². The van der Waals surface area contributed by atoms with Crippen LogP contribution in [0.1, 0.15) is 5.56 Å². The summed E-state index contributed by atoms with van der Waals surface area (Å²) in [6.45, 7) is 1.97. The molecule has 1 amide bonds. The second-order valence-corrected chi connectivity index (χ2v) is 4.48. The molecule has 4 heteroatoms. The van der Waals surface area contributed by atoms with Crippen LogP contribution in [-0.4, -0.2) is 19.6 Å². The summed E-state index contributed by atoms with van der Waals surface area (Å²) >= 11 is 0. The van der Waals surface area contributed by atoms with Crippen LogP contribution >= 0.6 is 0 Å². The second-order valence-electron chi connectivity index (χ2n) is 4.48. The van der Waals surface area contributed by atoms with Crippen LogP contribution in [0, 0.1) is 6.92 Å². The molecule has 104 valence electrons. The molecule has 0 heterocycles. The highest BCUT2D eigenvalue weighted by molar-refractivity contribution is 5.91. The van der Waals surface area contributed by atoms with Gasteiger partial charge in [0.15, 0.2) is 6.61 Å². The zero-order valence-corrected chi connectivity index (χ0v) is 11.6. The van der Waals surface area contributed by atoms with Gasteiger partial charge in [-0.05, 0) is 48.9 Å². The van der Waals surface area contributed by atoms with E-state index in [9.17, 15) is 4.79 Å². The highest BCUT2D eigenvalue weighted by Crippen LogP contribution is 2.15. The average molecular weight is 270 g/mol. The van der Waals surface area contributed by atoms with Crippen LogP contribution in [0.25, 0.3) is 0 Å². The lowest BCUT2D eigenvalue weighted by atomic mass is 10.2. The molecule has 0 saturated carbocycles. The minimum absolute atomic E-state index is 0.00710. The van der Waals surface area contributed by atoms with E-state index in [1.54, 1.807) is 0 Å². The molecule has 0 aliphatic rings. The van der Waals surface area contributed by atoms with Crippen molar-refractivity contribution in [2.24, 2.45) is 0 Å². The van der Waals surface area contributed by atoms with Crippen molar-refractivity contribution in [2.45, 2.75) is 6.92 Å². The Bertz CT molecular complexity index is 579. The number of anilines is 2. The maximum absolute atomic E-state index is 11.8. The third-order valence-corrected chi connectivity index (χ3v) is 2.81. The van der Waals surface area contributed by atoms with Gasteiger partial charge >= 0.3 is 0 Å². The Morgan fingerprint density at radius 3 is 2.50 bits per heavy atom. The molecule has 0 aliphatic carbocycles. The number of hydrogen-bond donors (Lipinski definition) is 2. The predicted molar refractivity (Wildman–Crippen MR) is 81.3 cm³/mol. The summed E-state index contributed by atoms with van der Waals surface area (Å²) in [5, 5.41) is 5.82. The average Bonchev–Trinajstić information content (AvgIpc) is 2.46. The van der Waals surface area contributed by atoms with Crippen LogP contribution in [0.4, 0.5) is 11.4 Å². The van der Waals surface area contributed by atoms with Crippen LogP contribution in [0.3, 0.4) is 0 Å². The summed E-state index contributed by atoms with van der Waals surface area (Å²) in [5.41, 5.74) is 2.89. The number of amides is 1. The highest BCUT2D eigenvalue weighted by Gasteiger charge is 2.03. The molecule has 2 N–H and O–H groups in total. The molecule has 0 radical (unpaired) electrons. The fourth-order valence-electron chi connectivity index (χ4n) is 1.79. The summed E-state index contributed by atoms with van der Waals surface area (Å²) < 4.78 is 5.43. The largest absolute Gasteiger partial charge is 0.484 e. The number of rotatable bonds is 5. The third kappa shape index (κ3) is 4.02. The van der Waals surface area contributed by atoms with Crippen molar-refractivity contribution in [3.05, 3.63) is 54.1 Å².